The largest absolute Gasteiger partial charge is 0.377 e. The lowest BCUT2D eigenvalue weighted by Crippen LogP contribution is -2.47. The second kappa shape index (κ2) is 8.12. The third-order valence-electron chi connectivity index (χ3n) is 3.65. The van der Waals surface area contributed by atoms with E-state index in [1.54, 1.807) is 6.20 Å². The van der Waals surface area contributed by atoms with Gasteiger partial charge in [-0.05, 0) is 20.8 Å². The first kappa shape index (κ1) is 17.5. The molecule has 1 saturated heterocycles. The molecule has 7 nitrogen and oxygen atoms in total. The molecule has 0 radical (unpaired) electrons. The molecule has 7 heteroatoms. The fraction of sp³-hybridized carbons (Fsp3) is 0.625. The van der Waals surface area contributed by atoms with E-state index < -0.39 is 0 Å². The number of H-pyrrole nitrogens is 1. The van der Waals surface area contributed by atoms with Gasteiger partial charge in [-0.3, -0.25) is 5.10 Å². The van der Waals surface area contributed by atoms with E-state index in [9.17, 15) is 0 Å². The lowest BCUT2D eigenvalue weighted by molar-refractivity contribution is 0.0166. The number of nitrogens with zero attached hydrogens (tertiary/aromatic N) is 4. The van der Waals surface area contributed by atoms with Crippen LogP contribution in [0.15, 0.2) is 29.7 Å². The zero-order chi connectivity index (χ0) is 16.8. The molecule has 0 bridgehead atoms. The smallest absolute Gasteiger partial charge is 0.144 e. The number of anilines is 1. The highest BCUT2D eigenvalue weighted by Gasteiger charge is 2.21. The molecule has 23 heavy (non-hydrogen) atoms. The Morgan fingerprint density at radius 1 is 1.65 bits per heavy atom. The number of hydrogen-bond donors (Lipinski definition) is 2. The average molecular weight is 320 g/mol. The molecule has 0 unspecified atom stereocenters. The van der Waals surface area contributed by atoms with Crippen LogP contribution in [0.4, 0.5) is 5.82 Å². The number of aromatic nitrogens is 2. The minimum atomic E-state index is 0.269. The minimum Gasteiger partial charge on any atom is -0.377 e. The highest BCUT2D eigenvalue weighted by Crippen LogP contribution is 2.16. The van der Waals surface area contributed by atoms with E-state index in [2.05, 4.69) is 54.8 Å². The van der Waals surface area contributed by atoms with Gasteiger partial charge in [-0.2, -0.15) is 5.10 Å². The maximum atomic E-state index is 5.49. The number of hydrogen-bond acceptors (Lipinski definition) is 5. The normalized spacial score (nSPS) is 19.3. The third-order valence-corrected chi connectivity index (χ3v) is 3.65. The third kappa shape index (κ3) is 4.56. The van der Waals surface area contributed by atoms with Crippen LogP contribution in [-0.4, -0.2) is 52.8 Å². The Bertz CT molecular complexity index is 525. The van der Waals surface area contributed by atoms with Crippen molar-refractivity contribution in [2.45, 2.75) is 46.2 Å². The lowest BCUT2D eigenvalue weighted by atomic mass is 10.2. The van der Waals surface area contributed by atoms with E-state index in [1.807, 2.05) is 11.1 Å². The Labute approximate surface area is 138 Å². The Morgan fingerprint density at radius 2 is 2.43 bits per heavy atom. The summed E-state index contributed by atoms with van der Waals surface area (Å²) in [5.41, 5.74) is 3.40. The van der Waals surface area contributed by atoms with Crippen LogP contribution in [0.5, 0.6) is 0 Å². The fourth-order valence-corrected chi connectivity index (χ4v) is 2.53. The molecule has 1 aromatic heterocycles. The number of aliphatic imine (C=N–C) groups is 1. The molecule has 0 saturated carbocycles. The van der Waals surface area contributed by atoms with Crippen LogP contribution in [0.3, 0.4) is 0 Å². The summed E-state index contributed by atoms with van der Waals surface area (Å²) in [5.74, 6) is 2.53. The Hall–Kier alpha value is -1.86. The molecule has 0 spiro atoms. The zero-order valence-electron chi connectivity index (χ0n) is 14.5. The van der Waals surface area contributed by atoms with E-state index in [1.165, 1.54) is 0 Å². The first-order chi connectivity index (χ1) is 11.0. The van der Waals surface area contributed by atoms with Crippen molar-refractivity contribution in [2.75, 3.05) is 24.8 Å². The van der Waals surface area contributed by atoms with E-state index in [4.69, 9.17) is 9.73 Å². The molecule has 128 valence electrons. The molecular weight excluding hydrogens is 292 g/mol. The summed E-state index contributed by atoms with van der Waals surface area (Å²) in [6.07, 6.45) is 2.51. The predicted octanol–water partition coefficient (Wildman–Crippen LogP) is 2.13. The number of rotatable bonds is 6. The van der Waals surface area contributed by atoms with Gasteiger partial charge in [0.1, 0.15) is 17.5 Å². The van der Waals surface area contributed by atoms with Crippen LogP contribution in [0.2, 0.25) is 0 Å². The van der Waals surface area contributed by atoms with Crippen molar-refractivity contribution in [1.82, 2.24) is 20.5 Å². The number of aromatic amines is 1. The van der Waals surface area contributed by atoms with Gasteiger partial charge in [-0.15, -0.1) is 0 Å². The number of morpholine rings is 1. The van der Waals surface area contributed by atoms with Gasteiger partial charge in [-0.25, -0.2) is 15.4 Å². The summed E-state index contributed by atoms with van der Waals surface area (Å²) in [4.78, 5) is 6.98. The first-order valence-corrected chi connectivity index (χ1v) is 8.19. The summed E-state index contributed by atoms with van der Waals surface area (Å²) in [5, 5.41) is 8.98. The molecule has 1 atom stereocenters. The number of nitrogens with one attached hydrogen (secondary N) is 2. The fourth-order valence-electron chi connectivity index (χ4n) is 2.53. The van der Waals surface area contributed by atoms with Crippen molar-refractivity contribution in [3.63, 3.8) is 0 Å². The van der Waals surface area contributed by atoms with Crippen molar-refractivity contribution in [3.8, 4) is 0 Å². The molecule has 2 heterocycles. The molecule has 2 rings (SSSR count). The molecule has 0 aliphatic carbocycles. The van der Waals surface area contributed by atoms with Crippen LogP contribution >= 0.6 is 0 Å². The molecule has 1 aliphatic rings. The van der Waals surface area contributed by atoms with Crippen LogP contribution in [0, 0.1) is 0 Å². The lowest BCUT2D eigenvalue weighted by Gasteiger charge is -2.35. The summed E-state index contributed by atoms with van der Waals surface area (Å²) in [6.45, 7) is 14.8. The molecule has 1 aliphatic heterocycles. The topological polar surface area (TPSA) is 68.8 Å². The quantitative estimate of drug-likeness (QED) is 0.477. The van der Waals surface area contributed by atoms with Gasteiger partial charge in [0.15, 0.2) is 0 Å². The first-order valence-electron chi connectivity index (χ1n) is 8.19. The van der Waals surface area contributed by atoms with Crippen LogP contribution in [0.25, 0.3) is 0 Å². The van der Waals surface area contributed by atoms with Gasteiger partial charge in [-0.1, -0.05) is 13.5 Å². The van der Waals surface area contributed by atoms with E-state index in [-0.39, 0.29) is 12.1 Å². The average Bonchev–Trinajstić information content (AvgIpc) is 3.04. The standard InChI is InChI=1S/C16H28N6O/c1-6-15(18-14(5)21-9-10-23-11-13(21)4)22(20-12(2)3)16-7-8-17-19-16/h7-8,12-13,20H,5-6,9-11H2,1-4H3,(H,17,19)/t13-/m1/s1. The second-order valence-electron chi connectivity index (χ2n) is 5.98. The van der Waals surface area contributed by atoms with Gasteiger partial charge in [0, 0.05) is 25.1 Å². The van der Waals surface area contributed by atoms with Gasteiger partial charge < -0.3 is 9.64 Å². The highest BCUT2D eigenvalue weighted by molar-refractivity contribution is 5.96. The number of amidine groups is 1. The van der Waals surface area contributed by atoms with Gasteiger partial charge in [0.05, 0.1) is 25.5 Å². The summed E-state index contributed by atoms with van der Waals surface area (Å²) in [6, 6.07) is 2.48. The van der Waals surface area contributed by atoms with Crippen molar-refractivity contribution < 1.29 is 4.74 Å². The summed E-state index contributed by atoms with van der Waals surface area (Å²) in [7, 11) is 0. The Balaban J connectivity index is 2.21. The van der Waals surface area contributed by atoms with Crippen LogP contribution in [-0.2, 0) is 4.74 Å². The minimum absolute atomic E-state index is 0.269. The Morgan fingerprint density at radius 3 is 3.00 bits per heavy atom. The van der Waals surface area contributed by atoms with E-state index >= 15 is 0 Å². The number of hydrazine groups is 1. The van der Waals surface area contributed by atoms with Crippen molar-refractivity contribution in [2.24, 2.45) is 4.99 Å². The van der Waals surface area contributed by atoms with Crippen molar-refractivity contribution in [3.05, 3.63) is 24.7 Å². The Kier molecular flexibility index (Phi) is 6.18. The molecular formula is C16H28N6O. The SMILES string of the molecule is C=C(N=C(CC)N(NC(C)C)c1ccn[nH]1)N1CCOC[C@H]1C. The van der Waals surface area contributed by atoms with E-state index in [0.29, 0.717) is 6.61 Å². The summed E-state index contributed by atoms with van der Waals surface area (Å²) < 4.78 is 5.49. The molecule has 2 N–H and O–H groups in total. The highest BCUT2D eigenvalue weighted by atomic mass is 16.5. The monoisotopic (exact) mass is 320 g/mol. The van der Waals surface area contributed by atoms with Gasteiger partial charge >= 0.3 is 0 Å². The number of ether oxygens (including phenoxy) is 1. The molecule has 0 aromatic carbocycles. The van der Waals surface area contributed by atoms with Crippen LogP contribution < -0.4 is 10.4 Å². The van der Waals surface area contributed by atoms with Gasteiger partial charge in [0.2, 0.25) is 0 Å². The molecule has 1 fully saturated rings. The van der Waals surface area contributed by atoms with Crippen LogP contribution in [0.1, 0.15) is 34.1 Å². The van der Waals surface area contributed by atoms with Crippen molar-refractivity contribution >= 4 is 11.7 Å². The predicted molar refractivity (Wildman–Crippen MR) is 93.2 cm³/mol. The summed E-state index contributed by atoms with van der Waals surface area (Å²) >= 11 is 0. The van der Waals surface area contributed by atoms with Crippen molar-refractivity contribution in [1.29, 1.82) is 0 Å². The van der Waals surface area contributed by atoms with E-state index in [0.717, 1.165) is 37.0 Å². The second-order valence-corrected chi connectivity index (χ2v) is 5.98. The zero-order valence-corrected chi connectivity index (χ0v) is 14.5. The molecule has 0 amide bonds. The maximum Gasteiger partial charge on any atom is 0.144 e. The maximum absolute atomic E-state index is 5.49. The molecule has 1 aromatic rings. The van der Waals surface area contributed by atoms with Gasteiger partial charge in [0.25, 0.3) is 0 Å².